The molecule has 3 heterocycles. The molecule has 0 radical (unpaired) electrons. The zero-order valence-corrected chi connectivity index (χ0v) is 12.6. The van der Waals surface area contributed by atoms with Gasteiger partial charge in [0.05, 0.1) is 5.69 Å². The number of hydrogen-bond acceptors (Lipinski definition) is 7. The van der Waals surface area contributed by atoms with Gasteiger partial charge >= 0.3 is 0 Å². The summed E-state index contributed by atoms with van der Waals surface area (Å²) in [6, 6.07) is 1.90. The number of thiazole rings is 1. The van der Waals surface area contributed by atoms with Crippen molar-refractivity contribution in [2.24, 2.45) is 5.73 Å². The van der Waals surface area contributed by atoms with E-state index in [9.17, 15) is 0 Å². The van der Waals surface area contributed by atoms with Crippen LogP contribution in [0.15, 0.2) is 23.0 Å². The Labute approximate surface area is 126 Å². The third kappa shape index (κ3) is 2.57. The normalized spacial score (nSPS) is 11.0. The van der Waals surface area contributed by atoms with E-state index in [1.165, 1.54) is 11.3 Å². The summed E-state index contributed by atoms with van der Waals surface area (Å²) < 4.78 is 5.39. The van der Waals surface area contributed by atoms with Gasteiger partial charge in [0, 0.05) is 24.5 Å². The summed E-state index contributed by atoms with van der Waals surface area (Å²) in [4.78, 5) is 13.9. The molecule has 0 saturated heterocycles. The van der Waals surface area contributed by atoms with Gasteiger partial charge in [0.25, 0.3) is 5.89 Å². The molecule has 0 amide bonds. The van der Waals surface area contributed by atoms with E-state index in [1.807, 2.05) is 19.2 Å². The highest BCUT2D eigenvalue weighted by Crippen LogP contribution is 2.30. The SMILES string of the molecule is CCc1cnccc1-c1noc(-c2sc(CN)nc2C)n1. The van der Waals surface area contributed by atoms with Gasteiger partial charge in [-0.1, -0.05) is 12.1 Å². The Bertz CT molecular complexity index is 764. The minimum absolute atomic E-state index is 0.414. The van der Waals surface area contributed by atoms with Crippen molar-refractivity contribution in [3.05, 3.63) is 34.7 Å². The van der Waals surface area contributed by atoms with E-state index in [4.69, 9.17) is 10.3 Å². The van der Waals surface area contributed by atoms with E-state index >= 15 is 0 Å². The van der Waals surface area contributed by atoms with Crippen LogP contribution in [0.25, 0.3) is 22.2 Å². The highest BCUT2D eigenvalue weighted by Gasteiger charge is 2.17. The van der Waals surface area contributed by atoms with Crippen molar-refractivity contribution < 1.29 is 4.52 Å². The van der Waals surface area contributed by atoms with Gasteiger partial charge in [0.2, 0.25) is 5.82 Å². The third-order valence-corrected chi connectivity index (χ3v) is 4.33. The predicted molar refractivity (Wildman–Crippen MR) is 80.6 cm³/mol. The van der Waals surface area contributed by atoms with Gasteiger partial charge in [0.1, 0.15) is 9.88 Å². The van der Waals surface area contributed by atoms with Gasteiger partial charge in [-0.25, -0.2) is 4.98 Å². The smallest absolute Gasteiger partial charge is 0.270 e. The molecule has 0 aliphatic carbocycles. The predicted octanol–water partition coefficient (Wildman–Crippen LogP) is 2.58. The number of pyridine rings is 1. The van der Waals surface area contributed by atoms with E-state index in [2.05, 4.69) is 27.0 Å². The lowest BCUT2D eigenvalue weighted by Crippen LogP contribution is -1.94. The molecule has 0 aromatic carbocycles. The number of hydrogen-bond donors (Lipinski definition) is 1. The van der Waals surface area contributed by atoms with Crippen molar-refractivity contribution in [3.8, 4) is 22.2 Å². The molecule has 6 nitrogen and oxygen atoms in total. The Kier molecular flexibility index (Phi) is 3.76. The van der Waals surface area contributed by atoms with Crippen LogP contribution in [0.4, 0.5) is 0 Å². The summed E-state index contributed by atoms with van der Waals surface area (Å²) in [5.41, 5.74) is 8.52. The van der Waals surface area contributed by atoms with E-state index in [1.54, 1.807) is 6.20 Å². The first-order valence-electron chi connectivity index (χ1n) is 6.66. The lowest BCUT2D eigenvalue weighted by Gasteiger charge is -2.00. The van der Waals surface area contributed by atoms with Gasteiger partial charge in [0.15, 0.2) is 0 Å². The standard InChI is InChI=1S/C14H15N5OS/c1-3-9-7-16-5-4-10(9)13-18-14(20-19-13)12-8(2)17-11(6-15)21-12/h4-5,7H,3,6,15H2,1-2H3. The molecule has 0 saturated carbocycles. The van der Waals surface area contributed by atoms with Crippen LogP contribution in [0.1, 0.15) is 23.2 Å². The van der Waals surface area contributed by atoms with Crippen molar-refractivity contribution in [2.75, 3.05) is 0 Å². The summed E-state index contributed by atoms with van der Waals surface area (Å²) in [6.07, 6.45) is 4.43. The van der Waals surface area contributed by atoms with E-state index in [0.29, 0.717) is 18.3 Å². The van der Waals surface area contributed by atoms with E-state index in [-0.39, 0.29) is 0 Å². The molecule has 7 heteroatoms. The number of aromatic nitrogens is 4. The minimum atomic E-state index is 0.414. The van der Waals surface area contributed by atoms with Gasteiger partial charge < -0.3 is 10.3 Å². The highest BCUT2D eigenvalue weighted by molar-refractivity contribution is 7.15. The molecule has 21 heavy (non-hydrogen) atoms. The summed E-state index contributed by atoms with van der Waals surface area (Å²) in [6.45, 7) is 4.40. The number of nitrogens with zero attached hydrogens (tertiary/aromatic N) is 4. The van der Waals surface area contributed by atoms with Crippen molar-refractivity contribution in [2.45, 2.75) is 26.8 Å². The number of rotatable bonds is 4. The van der Waals surface area contributed by atoms with Crippen molar-refractivity contribution in [1.82, 2.24) is 20.1 Å². The lowest BCUT2D eigenvalue weighted by molar-refractivity contribution is 0.433. The molecule has 0 aliphatic rings. The average Bonchev–Trinajstić information content (AvgIpc) is 3.13. The summed E-state index contributed by atoms with van der Waals surface area (Å²) >= 11 is 1.49. The van der Waals surface area contributed by atoms with Gasteiger partial charge in [-0.15, -0.1) is 11.3 Å². The monoisotopic (exact) mass is 301 g/mol. The van der Waals surface area contributed by atoms with Crippen LogP contribution in [0, 0.1) is 6.92 Å². The van der Waals surface area contributed by atoms with Crippen LogP contribution in [0.3, 0.4) is 0 Å². The fraction of sp³-hybridized carbons (Fsp3) is 0.286. The van der Waals surface area contributed by atoms with Crippen molar-refractivity contribution in [1.29, 1.82) is 0 Å². The molecule has 108 valence electrons. The zero-order valence-electron chi connectivity index (χ0n) is 11.8. The Morgan fingerprint density at radius 2 is 2.19 bits per heavy atom. The number of nitrogens with two attached hydrogens (primary N) is 1. The second-order valence-electron chi connectivity index (χ2n) is 4.54. The molecule has 3 aromatic rings. The molecule has 0 spiro atoms. The van der Waals surface area contributed by atoms with Crippen molar-refractivity contribution in [3.63, 3.8) is 0 Å². The molecule has 0 bridgehead atoms. The molecule has 0 atom stereocenters. The molecule has 3 rings (SSSR count). The highest BCUT2D eigenvalue weighted by atomic mass is 32.1. The van der Waals surface area contributed by atoms with Crippen LogP contribution in [0.2, 0.25) is 0 Å². The maximum Gasteiger partial charge on any atom is 0.270 e. The van der Waals surface area contributed by atoms with Crippen LogP contribution < -0.4 is 5.73 Å². The van der Waals surface area contributed by atoms with Crippen LogP contribution in [0.5, 0.6) is 0 Å². The molecule has 0 unspecified atom stereocenters. The molecule has 0 fully saturated rings. The first-order valence-corrected chi connectivity index (χ1v) is 7.48. The second-order valence-corrected chi connectivity index (χ2v) is 5.62. The average molecular weight is 301 g/mol. The third-order valence-electron chi connectivity index (χ3n) is 3.16. The molecule has 2 N–H and O–H groups in total. The minimum Gasteiger partial charge on any atom is -0.333 e. The maximum atomic E-state index is 5.62. The maximum absolute atomic E-state index is 5.62. The van der Waals surface area contributed by atoms with Crippen LogP contribution in [-0.4, -0.2) is 20.1 Å². The first kappa shape index (κ1) is 13.8. The summed E-state index contributed by atoms with van der Waals surface area (Å²) in [5, 5.41) is 4.94. The molecular weight excluding hydrogens is 286 g/mol. The van der Waals surface area contributed by atoms with E-state index in [0.717, 1.165) is 33.1 Å². The van der Waals surface area contributed by atoms with Crippen LogP contribution in [-0.2, 0) is 13.0 Å². The van der Waals surface area contributed by atoms with Gasteiger partial charge in [-0.3, -0.25) is 4.98 Å². The van der Waals surface area contributed by atoms with Crippen LogP contribution >= 0.6 is 11.3 Å². The quantitative estimate of drug-likeness (QED) is 0.796. The van der Waals surface area contributed by atoms with Crippen molar-refractivity contribution >= 4 is 11.3 Å². The zero-order chi connectivity index (χ0) is 14.8. The summed E-state index contributed by atoms with van der Waals surface area (Å²) in [5.74, 6) is 1.06. The second kappa shape index (κ2) is 5.71. The number of aryl methyl sites for hydroxylation is 2. The Hall–Kier alpha value is -2.12. The fourth-order valence-electron chi connectivity index (χ4n) is 2.09. The Morgan fingerprint density at radius 1 is 1.33 bits per heavy atom. The molecule has 0 aliphatic heterocycles. The first-order chi connectivity index (χ1) is 10.2. The largest absolute Gasteiger partial charge is 0.333 e. The molecule has 3 aromatic heterocycles. The Morgan fingerprint density at radius 3 is 2.90 bits per heavy atom. The Balaban J connectivity index is 2.01. The topological polar surface area (TPSA) is 90.7 Å². The summed E-state index contributed by atoms with van der Waals surface area (Å²) in [7, 11) is 0. The fourth-order valence-corrected chi connectivity index (χ4v) is 2.96. The van der Waals surface area contributed by atoms with E-state index < -0.39 is 0 Å². The lowest BCUT2D eigenvalue weighted by atomic mass is 10.1. The molecular formula is C14H15N5OS. The van der Waals surface area contributed by atoms with Gasteiger partial charge in [-0.2, -0.15) is 4.98 Å². The van der Waals surface area contributed by atoms with Gasteiger partial charge in [-0.05, 0) is 25.0 Å².